The van der Waals surface area contributed by atoms with Gasteiger partial charge in [0, 0.05) is 12.8 Å². The number of ether oxygens (including phenoxy) is 4. The van der Waals surface area contributed by atoms with Crippen molar-refractivity contribution < 1.29 is 42.9 Å². The van der Waals surface area contributed by atoms with E-state index in [1.165, 1.54) is 173 Å². The number of carboxylic acids is 1. The number of aliphatic carboxylic acids is 1. The average molecular weight is 988 g/mol. The molecule has 408 valence electrons. The lowest BCUT2D eigenvalue weighted by Gasteiger charge is -2.25. The van der Waals surface area contributed by atoms with Crippen LogP contribution in [-0.4, -0.2) is 87.4 Å². The Balaban J connectivity index is 3.79. The summed E-state index contributed by atoms with van der Waals surface area (Å²) in [5, 5.41) is 9.63. The summed E-state index contributed by atoms with van der Waals surface area (Å²) in [6.45, 7) is 4.71. The molecule has 0 aromatic carbocycles. The van der Waals surface area contributed by atoms with E-state index in [2.05, 4.69) is 62.5 Å². The van der Waals surface area contributed by atoms with E-state index >= 15 is 0 Å². The van der Waals surface area contributed by atoms with Gasteiger partial charge in [0.05, 0.1) is 34.4 Å². The molecule has 0 saturated heterocycles. The van der Waals surface area contributed by atoms with Gasteiger partial charge in [0.1, 0.15) is 13.2 Å². The second-order valence-electron chi connectivity index (χ2n) is 20.9. The Kier molecular flexibility index (Phi) is 50.5. The molecule has 0 saturated carbocycles. The summed E-state index contributed by atoms with van der Waals surface area (Å²) < 4.78 is 22.7. The number of quaternary nitrogens is 1. The minimum Gasteiger partial charge on any atom is -0.477 e. The molecule has 70 heavy (non-hydrogen) atoms. The fourth-order valence-electron chi connectivity index (χ4n) is 8.36. The number of carbonyl (C=O) groups excluding carboxylic acids is 2. The van der Waals surface area contributed by atoms with Crippen molar-refractivity contribution in [3.8, 4) is 0 Å². The van der Waals surface area contributed by atoms with E-state index in [4.69, 9.17) is 18.9 Å². The van der Waals surface area contributed by atoms with Crippen molar-refractivity contribution in [1.29, 1.82) is 0 Å². The molecule has 9 nitrogen and oxygen atoms in total. The summed E-state index contributed by atoms with van der Waals surface area (Å²) >= 11 is 0. The van der Waals surface area contributed by atoms with Crippen LogP contribution in [0.15, 0.2) is 48.6 Å². The molecule has 0 aliphatic rings. The van der Waals surface area contributed by atoms with Gasteiger partial charge < -0.3 is 28.5 Å². The third-order valence-corrected chi connectivity index (χ3v) is 12.8. The van der Waals surface area contributed by atoms with Gasteiger partial charge in [-0.3, -0.25) is 9.59 Å². The van der Waals surface area contributed by atoms with Gasteiger partial charge in [0.2, 0.25) is 0 Å². The molecule has 0 radical (unpaired) electrons. The highest BCUT2D eigenvalue weighted by atomic mass is 16.7. The summed E-state index contributed by atoms with van der Waals surface area (Å²) in [5.74, 6) is -2.00. The van der Waals surface area contributed by atoms with Crippen molar-refractivity contribution in [2.75, 3.05) is 47.5 Å². The number of nitrogens with zero attached hydrogens (tertiary/aromatic N) is 1. The average Bonchev–Trinajstić information content (AvgIpc) is 3.33. The van der Waals surface area contributed by atoms with Gasteiger partial charge in [0.15, 0.2) is 6.10 Å². The quantitative estimate of drug-likeness (QED) is 0.0211. The minimum absolute atomic E-state index is 0.178. The molecule has 9 heteroatoms. The Morgan fingerprint density at radius 1 is 0.443 bits per heavy atom. The maximum atomic E-state index is 12.8. The van der Waals surface area contributed by atoms with E-state index < -0.39 is 24.3 Å². The van der Waals surface area contributed by atoms with E-state index in [0.717, 1.165) is 64.2 Å². The third-order valence-electron chi connectivity index (χ3n) is 12.8. The number of unbranched alkanes of at least 4 members (excludes halogenated alkanes) is 31. The highest BCUT2D eigenvalue weighted by Gasteiger charge is 2.25. The lowest BCUT2D eigenvalue weighted by Crippen LogP contribution is -2.40. The van der Waals surface area contributed by atoms with Crippen LogP contribution in [0.5, 0.6) is 0 Å². The molecule has 0 aromatic rings. The number of carboxylic acid groups (broad SMARTS) is 1. The lowest BCUT2D eigenvalue weighted by atomic mass is 10.0. The van der Waals surface area contributed by atoms with E-state index in [1.807, 2.05) is 21.1 Å². The topological polar surface area (TPSA) is 108 Å². The summed E-state index contributed by atoms with van der Waals surface area (Å²) in [7, 11) is 5.96. The van der Waals surface area contributed by atoms with E-state index in [0.29, 0.717) is 17.4 Å². The number of likely N-dealkylation sites (N-methyl/N-ethyl adjacent to an activating group) is 1. The highest BCUT2D eigenvalue weighted by Crippen LogP contribution is 2.17. The van der Waals surface area contributed by atoms with Crippen LogP contribution in [0.25, 0.3) is 0 Å². The first-order chi connectivity index (χ1) is 34.1. The second-order valence-corrected chi connectivity index (χ2v) is 20.9. The Labute approximate surface area is 432 Å². The van der Waals surface area contributed by atoms with E-state index in [1.54, 1.807) is 0 Å². The third kappa shape index (κ3) is 53.1. The van der Waals surface area contributed by atoms with Crippen molar-refractivity contribution in [1.82, 2.24) is 0 Å². The SMILES string of the molecule is CC/C=C\C/C=C\C/C=C\C/C=C\CCCCCCCCCCCCCCCCCCCCCCCCCCCCC(=O)OC(COC(=O)CCCCCCCC)COC(OCC[N+](C)(C)C)C(=O)O. The van der Waals surface area contributed by atoms with Crippen LogP contribution in [0.3, 0.4) is 0 Å². The molecule has 0 aliphatic heterocycles. The smallest absolute Gasteiger partial charge is 0.361 e. The molecule has 0 rings (SSSR count). The number of carbonyl (C=O) groups is 3. The first kappa shape index (κ1) is 67.2. The molecule has 2 atom stereocenters. The van der Waals surface area contributed by atoms with Crippen molar-refractivity contribution in [3.63, 3.8) is 0 Å². The molecule has 0 amide bonds. The molecular formula is C61H112NO8+. The highest BCUT2D eigenvalue weighted by molar-refractivity contribution is 5.71. The molecule has 0 aliphatic carbocycles. The summed E-state index contributed by atoms with van der Waals surface area (Å²) in [5.41, 5.74) is 0. The molecule has 1 N–H and O–H groups in total. The zero-order valence-electron chi connectivity index (χ0n) is 46.4. The largest absolute Gasteiger partial charge is 0.477 e. The molecule has 0 aromatic heterocycles. The number of hydrogen-bond donors (Lipinski definition) is 1. The molecule has 0 fully saturated rings. The zero-order chi connectivity index (χ0) is 51.3. The molecule has 2 unspecified atom stereocenters. The number of allylic oxidation sites excluding steroid dienone is 8. The maximum absolute atomic E-state index is 12.8. The minimum atomic E-state index is -1.50. The van der Waals surface area contributed by atoms with Crippen LogP contribution < -0.4 is 0 Å². The Bertz CT molecular complexity index is 1290. The Hall–Kier alpha value is -2.75. The van der Waals surface area contributed by atoms with Gasteiger partial charge in [-0.05, 0) is 51.4 Å². The van der Waals surface area contributed by atoms with Crippen molar-refractivity contribution in [3.05, 3.63) is 48.6 Å². The predicted octanol–water partition coefficient (Wildman–Crippen LogP) is 17.1. The van der Waals surface area contributed by atoms with Gasteiger partial charge in [-0.1, -0.05) is 249 Å². The van der Waals surface area contributed by atoms with Crippen LogP contribution in [0, 0.1) is 0 Å². The fourth-order valence-corrected chi connectivity index (χ4v) is 8.36. The number of hydrogen-bond acceptors (Lipinski definition) is 7. The van der Waals surface area contributed by atoms with Crippen LogP contribution in [0.1, 0.15) is 264 Å². The summed E-state index contributed by atoms with van der Waals surface area (Å²) in [6.07, 6.45) is 62.7. The Morgan fingerprint density at radius 3 is 1.21 bits per heavy atom. The van der Waals surface area contributed by atoms with Gasteiger partial charge in [-0.25, -0.2) is 4.79 Å². The lowest BCUT2D eigenvalue weighted by molar-refractivity contribution is -0.870. The molecule has 0 heterocycles. The van der Waals surface area contributed by atoms with Crippen LogP contribution >= 0.6 is 0 Å². The summed E-state index contributed by atoms with van der Waals surface area (Å²) in [6, 6.07) is 0. The zero-order valence-corrected chi connectivity index (χ0v) is 46.4. The maximum Gasteiger partial charge on any atom is 0.361 e. The normalized spacial score (nSPS) is 13.1. The van der Waals surface area contributed by atoms with Crippen molar-refractivity contribution >= 4 is 17.9 Å². The van der Waals surface area contributed by atoms with Crippen LogP contribution in [0.2, 0.25) is 0 Å². The standard InChI is InChI=1S/C61H111NO8/c1-6-8-10-12-14-15-16-17-18-19-20-21-22-23-24-25-26-27-28-29-30-31-32-33-34-35-36-37-38-39-40-41-42-43-44-45-46-48-50-52-59(64)70-57(55-68-58(63)51-49-47-13-11-9-7-2)56-69-61(60(65)66)67-54-53-62(3,4)5/h8,10,14-15,17-18,20-21,57,61H,6-7,9,11-13,16,19,22-56H2,1-5H3/p+1/b10-8-,15-14-,18-17-,21-20-. The van der Waals surface area contributed by atoms with Crippen molar-refractivity contribution in [2.24, 2.45) is 0 Å². The Morgan fingerprint density at radius 2 is 0.814 bits per heavy atom. The number of rotatable bonds is 54. The van der Waals surface area contributed by atoms with Crippen LogP contribution in [-0.2, 0) is 33.3 Å². The fraction of sp³-hybridized carbons (Fsp3) is 0.820. The van der Waals surface area contributed by atoms with Gasteiger partial charge in [-0.2, -0.15) is 0 Å². The van der Waals surface area contributed by atoms with Gasteiger partial charge >= 0.3 is 17.9 Å². The molecular weight excluding hydrogens is 875 g/mol. The second kappa shape index (κ2) is 52.6. The first-order valence-corrected chi connectivity index (χ1v) is 29.3. The number of esters is 2. The van der Waals surface area contributed by atoms with Gasteiger partial charge in [-0.15, -0.1) is 0 Å². The first-order valence-electron chi connectivity index (χ1n) is 29.3. The molecule has 0 spiro atoms. The van der Waals surface area contributed by atoms with Crippen LogP contribution in [0.4, 0.5) is 0 Å². The van der Waals surface area contributed by atoms with E-state index in [-0.39, 0.29) is 32.2 Å². The predicted molar refractivity (Wildman–Crippen MR) is 295 cm³/mol. The van der Waals surface area contributed by atoms with Crippen molar-refractivity contribution in [2.45, 2.75) is 277 Å². The summed E-state index contributed by atoms with van der Waals surface area (Å²) in [4.78, 5) is 37.0. The monoisotopic (exact) mass is 987 g/mol. The van der Waals surface area contributed by atoms with E-state index in [9.17, 15) is 19.5 Å². The van der Waals surface area contributed by atoms with Gasteiger partial charge in [0.25, 0.3) is 6.29 Å². The molecule has 0 bridgehead atoms.